The minimum atomic E-state index is -0.519. The number of carbonyl (C=O) groups excluding carboxylic acids is 3. The van der Waals surface area contributed by atoms with Crippen LogP contribution in [0.1, 0.15) is 36.7 Å². The molecule has 0 saturated carbocycles. The van der Waals surface area contributed by atoms with Crippen molar-refractivity contribution in [2.24, 2.45) is 0 Å². The highest BCUT2D eigenvalue weighted by Gasteiger charge is 2.35. The van der Waals surface area contributed by atoms with E-state index in [-0.39, 0.29) is 29.0 Å². The second-order valence-electron chi connectivity index (χ2n) is 5.88. The highest BCUT2D eigenvalue weighted by molar-refractivity contribution is 8.35. The van der Waals surface area contributed by atoms with Crippen molar-refractivity contribution in [3.05, 3.63) is 59.1 Å². The Morgan fingerprint density at radius 1 is 0.710 bits per heavy atom. The van der Waals surface area contributed by atoms with Crippen LogP contribution in [0.5, 0.6) is 0 Å². The van der Waals surface area contributed by atoms with Gasteiger partial charge in [0.2, 0.25) is 0 Å². The quantitative estimate of drug-likeness (QED) is 0.352. The lowest BCUT2D eigenvalue weighted by Gasteiger charge is -2.05. The van der Waals surface area contributed by atoms with E-state index in [1.807, 2.05) is 17.5 Å². The SMILES string of the molecule is CCOC(=O)C1=C(C(=O)OCC)SC(=C2SC=C(c3ccc(C(=O)OCC)cc3)S2)S1. The van der Waals surface area contributed by atoms with Crippen LogP contribution >= 0.6 is 47.0 Å². The van der Waals surface area contributed by atoms with Gasteiger partial charge in [-0.05, 0) is 43.9 Å². The maximum atomic E-state index is 12.3. The number of hydrogen-bond donors (Lipinski definition) is 0. The molecule has 2 heterocycles. The second kappa shape index (κ2) is 11.2. The summed E-state index contributed by atoms with van der Waals surface area (Å²) >= 11 is 5.56. The van der Waals surface area contributed by atoms with Gasteiger partial charge in [-0.15, -0.1) is 0 Å². The molecule has 2 aliphatic heterocycles. The fraction of sp³-hybridized carbons (Fsp3) is 0.286. The lowest BCUT2D eigenvalue weighted by atomic mass is 10.1. The van der Waals surface area contributed by atoms with Crippen molar-refractivity contribution in [1.82, 2.24) is 0 Å². The van der Waals surface area contributed by atoms with Gasteiger partial charge < -0.3 is 14.2 Å². The summed E-state index contributed by atoms with van der Waals surface area (Å²) in [5, 5.41) is 2.01. The zero-order valence-electron chi connectivity index (χ0n) is 17.1. The molecule has 6 nitrogen and oxygen atoms in total. The first kappa shape index (κ1) is 23.9. The fourth-order valence-electron chi connectivity index (χ4n) is 2.50. The summed E-state index contributed by atoms with van der Waals surface area (Å²) in [7, 11) is 0. The fourth-order valence-corrected chi connectivity index (χ4v) is 7.56. The summed E-state index contributed by atoms with van der Waals surface area (Å²) in [4.78, 5) is 38.0. The van der Waals surface area contributed by atoms with Crippen LogP contribution < -0.4 is 0 Å². The molecule has 0 unspecified atom stereocenters. The van der Waals surface area contributed by atoms with Crippen LogP contribution in [0.25, 0.3) is 4.91 Å². The molecule has 0 bridgehead atoms. The van der Waals surface area contributed by atoms with E-state index in [4.69, 9.17) is 14.2 Å². The van der Waals surface area contributed by atoms with Crippen molar-refractivity contribution in [2.75, 3.05) is 19.8 Å². The van der Waals surface area contributed by atoms with Crippen molar-refractivity contribution in [3.63, 3.8) is 0 Å². The smallest absolute Gasteiger partial charge is 0.346 e. The molecule has 1 aromatic carbocycles. The zero-order valence-corrected chi connectivity index (χ0v) is 20.4. The summed E-state index contributed by atoms with van der Waals surface area (Å²) in [6, 6.07) is 7.23. The first-order valence-corrected chi connectivity index (χ1v) is 12.8. The van der Waals surface area contributed by atoms with Gasteiger partial charge in [0, 0.05) is 4.91 Å². The monoisotopic (exact) mass is 496 g/mol. The van der Waals surface area contributed by atoms with E-state index in [2.05, 4.69) is 0 Å². The first-order chi connectivity index (χ1) is 15.0. The van der Waals surface area contributed by atoms with E-state index >= 15 is 0 Å². The van der Waals surface area contributed by atoms with E-state index in [9.17, 15) is 14.4 Å². The third-order valence-corrected chi connectivity index (χ3v) is 9.34. The van der Waals surface area contributed by atoms with Gasteiger partial charge in [0.25, 0.3) is 0 Å². The molecule has 0 spiro atoms. The zero-order chi connectivity index (χ0) is 22.4. The molecule has 31 heavy (non-hydrogen) atoms. The molecule has 2 aliphatic rings. The van der Waals surface area contributed by atoms with E-state index in [1.54, 1.807) is 44.7 Å². The molecule has 0 saturated heterocycles. The van der Waals surface area contributed by atoms with Crippen molar-refractivity contribution < 1.29 is 28.6 Å². The van der Waals surface area contributed by atoms with Crippen LogP contribution in [-0.4, -0.2) is 37.7 Å². The van der Waals surface area contributed by atoms with E-state index in [0.29, 0.717) is 12.2 Å². The maximum Gasteiger partial charge on any atom is 0.346 e. The second-order valence-corrected chi connectivity index (χ2v) is 10.4. The normalized spacial score (nSPS) is 15.8. The average molecular weight is 497 g/mol. The van der Waals surface area contributed by atoms with Gasteiger partial charge in [-0.2, -0.15) is 0 Å². The molecule has 164 valence electrons. The van der Waals surface area contributed by atoms with Crippen molar-refractivity contribution in [1.29, 1.82) is 0 Å². The molecule has 0 radical (unpaired) electrons. The van der Waals surface area contributed by atoms with Crippen LogP contribution in [0.4, 0.5) is 0 Å². The molecule has 0 aromatic heterocycles. The third kappa shape index (κ3) is 5.74. The Hall–Kier alpha value is -1.75. The molecular formula is C21H20O6S4. The minimum absolute atomic E-state index is 0.229. The maximum absolute atomic E-state index is 12.3. The summed E-state index contributed by atoms with van der Waals surface area (Å²) in [6.07, 6.45) is 0. The molecular weight excluding hydrogens is 476 g/mol. The van der Waals surface area contributed by atoms with Crippen molar-refractivity contribution in [2.45, 2.75) is 20.8 Å². The predicted molar refractivity (Wildman–Crippen MR) is 128 cm³/mol. The van der Waals surface area contributed by atoms with Crippen LogP contribution in [0.3, 0.4) is 0 Å². The number of rotatable bonds is 7. The highest BCUT2D eigenvalue weighted by atomic mass is 32.2. The van der Waals surface area contributed by atoms with Gasteiger partial charge in [-0.1, -0.05) is 59.2 Å². The Morgan fingerprint density at radius 2 is 1.23 bits per heavy atom. The topological polar surface area (TPSA) is 78.9 Å². The summed E-state index contributed by atoms with van der Waals surface area (Å²) in [5.74, 6) is -1.38. The van der Waals surface area contributed by atoms with Gasteiger partial charge in [0.15, 0.2) is 0 Å². The highest BCUT2D eigenvalue weighted by Crippen LogP contribution is 2.59. The molecule has 10 heteroatoms. The molecule has 0 aliphatic carbocycles. The lowest BCUT2D eigenvalue weighted by molar-refractivity contribution is -0.140. The van der Waals surface area contributed by atoms with Gasteiger partial charge in [-0.3, -0.25) is 0 Å². The van der Waals surface area contributed by atoms with Crippen LogP contribution in [0, 0.1) is 0 Å². The average Bonchev–Trinajstić information content (AvgIpc) is 3.42. The van der Waals surface area contributed by atoms with E-state index in [1.165, 1.54) is 35.3 Å². The third-order valence-electron chi connectivity index (χ3n) is 3.84. The van der Waals surface area contributed by atoms with Crippen LogP contribution in [0.15, 0.2) is 48.0 Å². The van der Waals surface area contributed by atoms with E-state index in [0.717, 1.165) is 18.9 Å². The summed E-state index contributed by atoms with van der Waals surface area (Å²) < 4.78 is 17.0. The Labute approximate surface area is 197 Å². The largest absolute Gasteiger partial charge is 0.462 e. The predicted octanol–water partition coefficient (Wildman–Crippen LogP) is 5.59. The molecule has 3 rings (SSSR count). The van der Waals surface area contributed by atoms with Gasteiger partial charge in [-0.25, -0.2) is 14.4 Å². The molecule has 0 amide bonds. The Kier molecular flexibility index (Phi) is 8.65. The number of thioether (sulfide) groups is 4. The van der Waals surface area contributed by atoms with E-state index < -0.39 is 11.9 Å². The Bertz CT molecular complexity index is 946. The number of carbonyl (C=O) groups is 3. The number of benzene rings is 1. The lowest BCUT2D eigenvalue weighted by Crippen LogP contribution is -2.11. The standard InChI is InChI=1S/C21H20O6S4/c1-4-25-17(22)13-9-7-12(8-10-13)14-11-28-20(29-14)21-30-15(18(23)26-5-2)16(31-21)19(24)27-6-3/h7-11H,4-6H2,1-3H3. The number of hydrogen-bond acceptors (Lipinski definition) is 10. The van der Waals surface area contributed by atoms with Gasteiger partial charge in [0.05, 0.1) is 33.9 Å². The molecule has 0 N–H and O–H groups in total. The molecule has 0 atom stereocenters. The number of ether oxygens (including phenoxy) is 3. The summed E-state index contributed by atoms with van der Waals surface area (Å²) in [6.45, 7) is 6.01. The van der Waals surface area contributed by atoms with Crippen molar-refractivity contribution >= 4 is 69.9 Å². The molecule has 0 fully saturated rings. The first-order valence-electron chi connectivity index (χ1n) is 9.49. The summed E-state index contributed by atoms with van der Waals surface area (Å²) in [5.41, 5.74) is 1.48. The van der Waals surface area contributed by atoms with Gasteiger partial charge >= 0.3 is 17.9 Å². The number of esters is 3. The van der Waals surface area contributed by atoms with Crippen LogP contribution in [-0.2, 0) is 23.8 Å². The Balaban J connectivity index is 1.75. The van der Waals surface area contributed by atoms with Crippen molar-refractivity contribution in [3.8, 4) is 0 Å². The molecule has 1 aromatic rings. The van der Waals surface area contributed by atoms with Gasteiger partial charge in [0.1, 0.15) is 9.81 Å². The van der Waals surface area contributed by atoms with Crippen LogP contribution in [0.2, 0.25) is 0 Å². The Morgan fingerprint density at radius 3 is 1.74 bits per heavy atom. The minimum Gasteiger partial charge on any atom is -0.462 e.